The van der Waals surface area contributed by atoms with Crippen LogP contribution in [0.4, 0.5) is 0 Å². The van der Waals surface area contributed by atoms with Crippen LogP contribution in [0.3, 0.4) is 0 Å². The Bertz CT molecular complexity index is 147. The Labute approximate surface area is 73.8 Å². The maximum atomic E-state index is 9.39. The number of aliphatic hydroxyl groups excluding tert-OH is 1. The SMILES string of the molecule is CC(S)N[C@H]1C[C@@H](O)C1(C)C. The van der Waals surface area contributed by atoms with E-state index in [9.17, 15) is 5.11 Å². The molecule has 1 rings (SSSR count). The number of hydrogen-bond acceptors (Lipinski definition) is 3. The fourth-order valence-corrected chi connectivity index (χ4v) is 1.66. The van der Waals surface area contributed by atoms with Gasteiger partial charge in [-0.25, -0.2) is 0 Å². The zero-order chi connectivity index (χ0) is 8.65. The highest BCUT2D eigenvalue weighted by Crippen LogP contribution is 2.40. The van der Waals surface area contributed by atoms with Crippen molar-refractivity contribution in [1.29, 1.82) is 0 Å². The molecule has 0 aromatic carbocycles. The summed E-state index contributed by atoms with van der Waals surface area (Å²) in [5, 5.41) is 12.9. The van der Waals surface area contributed by atoms with E-state index in [1.54, 1.807) is 0 Å². The Morgan fingerprint density at radius 2 is 2.18 bits per heavy atom. The molecule has 2 nitrogen and oxygen atoms in total. The molecule has 0 aromatic heterocycles. The normalized spacial score (nSPS) is 37.9. The minimum absolute atomic E-state index is 0.0248. The molecule has 0 radical (unpaired) electrons. The molecule has 3 atom stereocenters. The maximum absolute atomic E-state index is 9.39. The Morgan fingerprint density at radius 1 is 1.64 bits per heavy atom. The van der Waals surface area contributed by atoms with Crippen molar-refractivity contribution in [3.05, 3.63) is 0 Å². The van der Waals surface area contributed by atoms with Crippen molar-refractivity contribution in [2.45, 2.75) is 44.7 Å². The van der Waals surface area contributed by atoms with Gasteiger partial charge in [0.25, 0.3) is 0 Å². The Hall–Kier alpha value is 0.270. The van der Waals surface area contributed by atoms with Gasteiger partial charge < -0.3 is 10.4 Å². The minimum atomic E-state index is -0.146. The quantitative estimate of drug-likeness (QED) is 0.432. The zero-order valence-electron chi connectivity index (χ0n) is 7.33. The molecule has 0 aliphatic heterocycles. The van der Waals surface area contributed by atoms with Crippen LogP contribution in [0, 0.1) is 5.41 Å². The summed E-state index contributed by atoms with van der Waals surface area (Å²) in [5.41, 5.74) is 0.0248. The lowest BCUT2D eigenvalue weighted by molar-refractivity contribution is -0.0726. The summed E-state index contributed by atoms with van der Waals surface area (Å²) >= 11 is 4.24. The van der Waals surface area contributed by atoms with E-state index in [0.29, 0.717) is 6.04 Å². The summed E-state index contributed by atoms with van der Waals surface area (Å²) in [6, 6.07) is 0.421. The minimum Gasteiger partial charge on any atom is -0.392 e. The molecule has 0 bridgehead atoms. The molecule has 1 unspecified atom stereocenters. The number of nitrogens with one attached hydrogen (secondary N) is 1. The van der Waals surface area contributed by atoms with Crippen LogP contribution in [-0.4, -0.2) is 22.6 Å². The van der Waals surface area contributed by atoms with Crippen LogP contribution in [0.25, 0.3) is 0 Å². The Morgan fingerprint density at radius 3 is 2.45 bits per heavy atom. The van der Waals surface area contributed by atoms with E-state index in [0.717, 1.165) is 6.42 Å². The molecular formula is C8H17NOS. The van der Waals surface area contributed by atoms with Gasteiger partial charge in [-0.1, -0.05) is 13.8 Å². The summed E-state index contributed by atoms with van der Waals surface area (Å²) < 4.78 is 0. The molecule has 0 spiro atoms. The van der Waals surface area contributed by atoms with E-state index < -0.39 is 0 Å². The Kier molecular flexibility index (Phi) is 2.52. The van der Waals surface area contributed by atoms with Gasteiger partial charge in [0.1, 0.15) is 0 Å². The smallest absolute Gasteiger partial charge is 0.0621 e. The molecule has 1 aliphatic rings. The molecule has 11 heavy (non-hydrogen) atoms. The predicted octanol–water partition coefficient (Wildman–Crippen LogP) is 1.01. The Balaban J connectivity index is 2.40. The third-order valence-corrected chi connectivity index (χ3v) is 2.81. The standard InChI is InChI=1S/C8H17NOS/c1-5(11)9-6-4-7(10)8(6,2)3/h5-7,9-11H,4H2,1-3H3/t5?,6-,7+/m0/s1. The van der Waals surface area contributed by atoms with Gasteiger partial charge in [-0.3, -0.25) is 0 Å². The molecule has 0 aromatic rings. The van der Waals surface area contributed by atoms with Crippen molar-refractivity contribution in [2.75, 3.05) is 0 Å². The van der Waals surface area contributed by atoms with Gasteiger partial charge in [0.05, 0.1) is 6.10 Å². The first-order valence-electron chi connectivity index (χ1n) is 4.06. The third-order valence-electron chi connectivity index (χ3n) is 2.66. The summed E-state index contributed by atoms with van der Waals surface area (Å²) in [4.78, 5) is 0. The molecule has 66 valence electrons. The maximum Gasteiger partial charge on any atom is 0.0621 e. The van der Waals surface area contributed by atoms with Gasteiger partial charge in [0.2, 0.25) is 0 Å². The molecule has 2 N–H and O–H groups in total. The van der Waals surface area contributed by atoms with Crippen LogP contribution in [0.1, 0.15) is 27.2 Å². The average molecular weight is 175 g/mol. The van der Waals surface area contributed by atoms with E-state index in [-0.39, 0.29) is 16.9 Å². The number of thiol groups is 1. The molecule has 1 aliphatic carbocycles. The second-order valence-electron chi connectivity index (χ2n) is 3.97. The van der Waals surface area contributed by atoms with Gasteiger partial charge in [-0.05, 0) is 13.3 Å². The van der Waals surface area contributed by atoms with Crippen molar-refractivity contribution < 1.29 is 5.11 Å². The fourth-order valence-electron chi connectivity index (χ4n) is 1.48. The largest absolute Gasteiger partial charge is 0.392 e. The third kappa shape index (κ3) is 1.71. The summed E-state index contributed by atoms with van der Waals surface area (Å²) in [6.45, 7) is 6.16. The van der Waals surface area contributed by atoms with Crippen LogP contribution in [0.15, 0.2) is 0 Å². The summed E-state index contributed by atoms with van der Waals surface area (Å²) in [7, 11) is 0. The predicted molar refractivity (Wildman–Crippen MR) is 49.8 cm³/mol. The van der Waals surface area contributed by atoms with Crippen LogP contribution in [-0.2, 0) is 0 Å². The highest BCUT2D eigenvalue weighted by Gasteiger charge is 2.47. The number of aliphatic hydroxyl groups is 1. The summed E-state index contributed by atoms with van der Waals surface area (Å²) in [6.07, 6.45) is 0.713. The van der Waals surface area contributed by atoms with Crippen LogP contribution < -0.4 is 5.32 Å². The summed E-state index contributed by atoms with van der Waals surface area (Å²) in [5.74, 6) is 0. The van der Waals surface area contributed by atoms with E-state index in [1.165, 1.54) is 0 Å². The van der Waals surface area contributed by atoms with Crippen molar-refractivity contribution in [2.24, 2.45) is 5.41 Å². The number of hydrogen-bond donors (Lipinski definition) is 3. The van der Waals surface area contributed by atoms with Gasteiger partial charge in [-0.2, -0.15) is 12.6 Å². The second-order valence-corrected chi connectivity index (χ2v) is 4.74. The molecule has 0 heterocycles. The van der Waals surface area contributed by atoms with Gasteiger partial charge in [-0.15, -0.1) is 0 Å². The molecule has 1 saturated carbocycles. The van der Waals surface area contributed by atoms with Crippen molar-refractivity contribution >= 4 is 12.6 Å². The topological polar surface area (TPSA) is 32.3 Å². The first-order chi connectivity index (χ1) is 4.94. The zero-order valence-corrected chi connectivity index (χ0v) is 8.23. The van der Waals surface area contributed by atoms with E-state index in [2.05, 4.69) is 31.8 Å². The molecular weight excluding hydrogens is 158 g/mol. The van der Waals surface area contributed by atoms with Crippen molar-refractivity contribution in [1.82, 2.24) is 5.32 Å². The van der Waals surface area contributed by atoms with Crippen molar-refractivity contribution in [3.8, 4) is 0 Å². The molecule has 1 fully saturated rings. The number of rotatable bonds is 2. The van der Waals surface area contributed by atoms with Crippen molar-refractivity contribution in [3.63, 3.8) is 0 Å². The highest BCUT2D eigenvalue weighted by atomic mass is 32.1. The first-order valence-corrected chi connectivity index (χ1v) is 4.58. The van der Waals surface area contributed by atoms with E-state index in [4.69, 9.17) is 0 Å². The van der Waals surface area contributed by atoms with Crippen LogP contribution in [0.5, 0.6) is 0 Å². The molecule has 0 amide bonds. The van der Waals surface area contributed by atoms with E-state index in [1.807, 2.05) is 6.92 Å². The lowest BCUT2D eigenvalue weighted by Crippen LogP contribution is -2.60. The van der Waals surface area contributed by atoms with Crippen LogP contribution >= 0.6 is 12.6 Å². The van der Waals surface area contributed by atoms with Gasteiger partial charge >= 0.3 is 0 Å². The first kappa shape index (κ1) is 9.36. The van der Waals surface area contributed by atoms with Crippen LogP contribution in [0.2, 0.25) is 0 Å². The molecule has 3 heteroatoms. The van der Waals surface area contributed by atoms with Gasteiger partial charge in [0, 0.05) is 16.8 Å². The highest BCUT2D eigenvalue weighted by molar-refractivity contribution is 7.80. The fraction of sp³-hybridized carbons (Fsp3) is 1.00. The lowest BCUT2D eigenvalue weighted by atomic mass is 9.64. The van der Waals surface area contributed by atoms with E-state index >= 15 is 0 Å². The molecule has 0 saturated heterocycles. The van der Waals surface area contributed by atoms with Gasteiger partial charge in [0.15, 0.2) is 0 Å². The monoisotopic (exact) mass is 175 g/mol. The second kappa shape index (κ2) is 2.96. The lowest BCUT2D eigenvalue weighted by Gasteiger charge is -2.50. The average Bonchev–Trinajstić information content (AvgIpc) is 1.87.